The van der Waals surface area contributed by atoms with E-state index in [2.05, 4.69) is 50.0 Å². The van der Waals surface area contributed by atoms with Gasteiger partial charge in [-0.2, -0.15) is 5.26 Å². The van der Waals surface area contributed by atoms with Gasteiger partial charge >= 0.3 is 6.09 Å². The maximum absolute atomic E-state index is 16.9. The number of aromatic nitrogens is 3. The molecule has 0 radical (unpaired) electrons. The first kappa shape index (κ1) is 31.6. The zero-order valence-corrected chi connectivity index (χ0v) is 27.8. The summed E-state index contributed by atoms with van der Waals surface area (Å²) in [5.41, 5.74) is 0.755. The van der Waals surface area contributed by atoms with Crippen molar-refractivity contribution in [3.8, 4) is 17.3 Å². The van der Waals surface area contributed by atoms with E-state index < -0.39 is 23.3 Å². The third kappa shape index (κ3) is 5.65. The smallest absolute Gasteiger partial charge is 0.412 e. The highest BCUT2D eigenvalue weighted by molar-refractivity contribution is 7.23. The summed E-state index contributed by atoms with van der Waals surface area (Å²) in [6.07, 6.45) is 2.84. The molecule has 0 spiro atoms. The number of carbonyl (C=O) groups excluding carboxylic acids is 1. The first-order valence-electron chi connectivity index (χ1n) is 15.7. The van der Waals surface area contributed by atoms with Crippen molar-refractivity contribution in [1.29, 1.82) is 5.26 Å². The van der Waals surface area contributed by atoms with Crippen LogP contribution in [0.15, 0.2) is 12.4 Å². The predicted molar refractivity (Wildman–Crippen MR) is 175 cm³/mol. The molecule has 7 rings (SSSR count). The van der Waals surface area contributed by atoms with Crippen LogP contribution in [0.2, 0.25) is 0 Å². The number of hydrogen-bond donors (Lipinski definition) is 1. The summed E-state index contributed by atoms with van der Waals surface area (Å²) in [5.74, 6) is -0.895. The van der Waals surface area contributed by atoms with Crippen molar-refractivity contribution in [2.45, 2.75) is 65.0 Å². The molecule has 3 aromatic heterocycles. The molecule has 3 aliphatic rings. The number of pyridine rings is 1. The van der Waals surface area contributed by atoms with Gasteiger partial charge in [0.05, 0.1) is 35.4 Å². The molecule has 0 aliphatic carbocycles. The van der Waals surface area contributed by atoms with E-state index in [0.717, 1.165) is 62.2 Å². The number of anilines is 2. The van der Waals surface area contributed by atoms with Gasteiger partial charge in [0.15, 0.2) is 11.6 Å². The van der Waals surface area contributed by atoms with Gasteiger partial charge in [-0.05, 0) is 52.3 Å². The van der Waals surface area contributed by atoms with Crippen molar-refractivity contribution >= 4 is 49.4 Å². The molecule has 0 bridgehead atoms. The molecule has 2 fully saturated rings. The van der Waals surface area contributed by atoms with Gasteiger partial charge in [0.25, 0.3) is 0 Å². The number of piperazine rings is 1. The van der Waals surface area contributed by atoms with E-state index in [1.54, 1.807) is 27.0 Å². The molecule has 47 heavy (non-hydrogen) atoms. The summed E-state index contributed by atoms with van der Waals surface area (Å²) in [4.78, 5) is 33.4. The van der Waals surface area contributed by atoms with Crippen LogP contribution in [0, 0.1) is 23.0 Å². The number of ether oxygens (including phenoxy) is 2. The number of amides is 1. The van der Waals surface area contributed by atoms with Gasteiger partial charge in [0.1, 0.15) is 22.2 Å². The SMILES string of the molecule is C[C@H]1CN([C@@H]2CCN(c3ncc4c5c(c(-c6ncc(F)c7sc(NC(=O)OC(C)(C)C)c(C#N)c67)c(F)c4n3)COC5)C2)CCN1C. The number of fused-ring (bicyclic) bond motifs is 4. The number of rotatable bonds is 4. The molecule has 14 heteroatoms. The van der Waals surface area contributed by atoms with Gasteiger partial charge in [-0.25, -0.2) is 23.5 Å². The van der Waals surface area contributed by atoms with Crippen LogP contribution >= 0.6 is 11.3 Å². The average molecular weight is 663 g/mol. The van der Waals surface area contributed by atoms with Crippen molar-refractivity contribution in [2.24, 2.45) is 0 Å². The molecule has 1 amide bonds. The second-order valence-corrected chi connectivity index (χ2v) is 14.5. The van der Waals surface area contributed by atoms with Gasteiger partial charge in [-0.15, -0.1) is 11.3 Å². The Bertz CT molecular complexity index is 1950. The number of benzene rings is 1. The van der Waals surface area contributed by atoms with Crippen molar-refractivity contribution < 1.29 is 23.0 Å². The van der Waals surface area contributed by atoms with E-state index in [4.69, 9.17) is 14.5 Å². The lowest BCUT2D eigenvalue weighted by Crippen LogP contribution is -2.54. The highest BCUT2D eigenvalue weighted by Gasteiger charge is 2.34. The van der Waals surface area contributed by atoms with Gasteiger partial charge < -0.3 is 19.3 Å². The number of likely N-dealkylation sites (N-methyl/N-ethyl adjacent to an activating group) is 1. The molecule has 1 aromatic carbocycles. The topological polar surface area (TPSA) is 120 Å². The molecular formula is C33H36F2N8O3S. The zero-order valence-electron chi connectivity index (χ0n) is 27.0. The highest BCUT2D eigenvalue weighted by atomic mass is 32.1. The van der Waals surface area contributed by atoms with Crippen LogP contribution in [0.3, 0.4) is 0 Å². The predicted octanol–water partition coefficient (Wildman–Crippen LogP) is 5.65. The minimum atomic E-state index is -0.794. The quantitative estimate of drug-likeness (QED) is 0.294. The third-order valence-corrected chi connectivity index (χ3v) is 10.4. The van der Waals surface area contributed by atoms with Crippen LogP contribution in [0.1, 0.15) is 50.8 Å². The zero-order chi connectivity index (χ0) is 33.2. The lowest BCUT2D eigenvalue weighted by Gasteiger charge is -2.40. The Kier molecular flexibility index (Phi) is 7.99. The number of nitrogens with one attached hydrogen (secondary N) is 1. The Balaban J connectivity index is 1.30. The molecular weight excluding hydrogens is 626 g/mol. The fraction of sp³-hybridized carbons (Fsp3) is 0.485. The second kappa shape index (κ2) is 11.9. The van der Waals surface area contributed by atoms with Crippen LogP contribution in [0.5, 0.6) is 0 Å². The second-order valence-electron chi connectivity index (χ2n) is 13.5. The maximum atomic E-state index is 16.9. The summed E-state index contributed by atoms with van der Waals surface area (Å²) >= 11 is 0.870. The van der Waals surface area contributed by atoms with Gasteiger partial charge in [0, 0.05) is 67.3 Å². The van der Waals surface area contributed by atoms with Gasteiger partial charge in [-0.3, -0.25) is 15.2 Å². The number of nitriles is 1. The minimum absolute atomic E-state index is 0.0327. The summed E-state index contributed by atoms with van der Waals surface area (Å²) in [6, 6.07) is 2.91. The van der Waals surface area contributed by atoms with E-state index in [9.17, 15) is 10.1 Å². The maximum Gasteiger partial charge on any atom is 0.412 e. The van der Waals surface area contributed by atoms with Gasteiger partial charge in [-0.1, -0.05) is 0 Å². The lowest BCUT2D eigenvalue weighted by atomic mass is 9.94. The largest absolute Gasteiger partial charge is 0.444 e. The Morgan fingerprint density at radius 2 is 1.94 bits per heavy atom. The van der Waals surface area contributed by atoms with Crippen LogP contribution < -0.4 is 10.2 Å². The number of halogens is 2. The van der Waals surface area contributed by atoms with E-state index in [0.29, 0.717) is 29.0 Å². The molecule has 2 atom stereocenters. The Morgan fingerprint density at radius 3 is 2.68 bits per heavy atom. The van der Waals surface area contributed by atoms with Gasteiger partial charge in [0.2, 0.25) is 5.95 Å². The van der Waals surface area contributed by atoms with E-state index >= 15 is 8.78 Å². The Hall–Kier alpha value is -4.03. The first-order valence-corrected chi connectivity index (χ1v) is 16.5. The number of thiophene rings is 1. The first-order chi connectivity index (χ1) is 22.4. The van der Waals surface area contributed by atoms with E-state index in [1.165, 1.54) is 0 Å². The van der Waals surface area contributed by atoms with Crippen LogP contribution in [0.4, 0.5) is 24.5 Å². The average Bonchev–Trinajstić information content (AvgIpc) is 3.78. The molecule has 0 unspecified atom stereocenters. The molecule has 2 saturated heterocycles. The monoisotopic (exact) mass is 662 g/mol. The fourth-order valence-electron chi connectivity index (χ4n) is 6.78. The number of carbonyl (C=O) groups is 1. The standard InChI is InChI=1S/C33H36F2N8O3S/c1-17-13-42(9-8-41(17)5)18-6-7-43(14-18)31-38-11-20-21-15-45-16-22(21)24(26(35)27(20)39-31)28-25-19(10-36)30(40-32(44)46-33(2,3)4)47-29(25)23(34)12-37-28/h11-12,17-18H,6-9,13-16H2,1-5H3,(H,40,44)/t17-,18+/m0/s1. The molecule has 6 heterocycles. The molecule has 3 aliphatic heterocycles. The van der Waals surface area contributed by atoms with Crippen molar-refractivity contribution in [3.63, 3.8) is 0 Å². The van der Waals surface area contributed by atoms with Crippen LogP contribution in [0.25, 0.3) is 32.2 Å². The molecule has 0 saturated carbocycles. The van der Waals surface area contributed by atoms with Crippen LogP contribution in [-0.4, -0.2) is 88.3 Å². The summed E-state index contributed by atoms with van der Waals surface area (Å²) in [6.45, 7) is 12.2. The third-order valence-electron chi connectivity index (χ3n) is 9.27. The van der Waals surface area contributed by atoms with E-state index in [1.807, 2.05) is 0 Å². The summed E-state index contributed by atoms with van der Waals surface area (Å²) in [7, 11) is 2.16. The lowest BCUT2D eigenvalue weighted by molar-refractivity contribution is 0.0636. The van der Waals surface area contributed by atoms with Crippen molar-refractivity contribution in [3.05, 3.63) is 40.7 Å². The van der Waals surface area contributed by atoms with E-state index in [-0.39, 0.29) is 50.6 Å². The fourth-order valence-corrected chi connectivity index (χ4v) is 7.82. The molecule has 11 nitrogen and oxygen atoms in total. The summed E-state index contributed by atoms with van der Waals surface area (Å²) < 4.78 is 43.3. The van der Waals surface area contributed by atoms with Crippen molar-refractivity contribution in [2.75, 3.05) is 50.0 Å². The summed E-state index contributed by atoms with van der Waals surface area (Å²) in [5, 5.41) is 13.5. The number of hydrogen-bond acceptors (Lipinski definition) is 11. The highest BCUT2D eigenvalue weighted by Crippen LogP contribution is 2.46. The molecule has 1 N–H and O–H groups in total. The molecule has 246 valence electrons. The Morgan fingerprint density at radius 1 is 1.15 bits per heavy atom. The van der Waals surface area contributed by atoms with Crippen molar-refractivity contribution in [1.82, 2.24) is 24.8 Å². The normalized spacial score (nSPS) is 20.6. The minimum Gasteiger partial charge on any atom is -0.444 e. The Labute approximate surface area is 275 Å². The molecule has 4 aromatic rings. The van der Waals surface area contributed by atoms with Crippen LogP contribution in [-0.2, 0) is 22.7 Å². The number of nitrogens with zero attached hydrogens (tertiary/aromatic N) is 7.